The molecule has 3 aromatic carbocycles. The van der Waals surface area contributed by atoms with E-state index in [1.165, 1.54) is 5.56 Å². The predicted octanol–water partition coefficient (Wildman–Crippen LogP) is 5.08. The molecule has 0 radical (unpaired) electrons. The zero-order valence-electron chi connectivity index (χ0n) is 13.4. The van der Waals surface area contributed by atoms with E-state index >= 15 is 0 Å². The van der Waals surface area contributed by atoms with Gasteiger partial charge in [-0.3, -0.25) is 0 Å². The fraction of sp³-hybridized carbons (Fsp3) is 0.0909. The van der Waals surface area contributed by atoms with Crippen molar-refractivity contribution in [3.05, 3.63) is 96.2 Å². The Morgan fingerprint density at radius 3 is 2.04 bits per heavy atom. The SMILES string of the molecule is c1ccc(CCc2nc(-c3ccccc3)nc3ccccc23)cc1. The van der Waals surface area contributed by atoms with Gasteiger partial charge in [0, 0.05) is 10.9 Å². The summed E-state index contributed by atoms with van der Waals surface area (Å²) < 4.78 is 0. The Bertz CT molecular complexity index is 947. The van der Waals surface area contributed by atoms with Crippen LogP contribution in [0, 0.1) is 0 Å². The molecule has 4 rings (SSSR count). The minimum Gasteiger partial charge on any atom is -0.232 e. The highest BCUT2D eigenvalue weighted by Crippen LogP contribution is 2.22. The molecule has 0 aliphatic rings. The number of rotatable bonds is 4. The third-order valence-electron chi connectivity index (χ3n) is 4.21. The zero-order chi connectivity index (χ0) is 16.2. The van der Waals surface area contributed by atoms with E-state index in [4.69, 9.17) is 9.97 Å². The Balaban J connectivity index is 1.75. The van der Waals surface area contributed by atoms with Crippen molar-refractivity contribution < 1.29 is 0 Å². The molecular formula is C22H18N2. The second-order valence-corrected chi connectivity index (χ2v) is 5.86. The van der Waals surface area contributed by atoms with Gasteiger partial charge in [0.05, 0.1) is 11.2 Å². The first-order valence-electron chi connectivity index (χ1n) is 8.25. The van der Waals surface area contributed by atoms with Crippen molar-refractivity contribution in [2.45, 2.75) is 12.8 Å². The van der Waals surface area contributed by atoms with Crippen LogP contribution in [-0.4, -0.2) is 9.97 Å². The third-order valence-corrected chi connectivity index (χ3v) is 4.21. The first-order valence-corrected chi connectivity index (χ1v) is 8.25. The van der Waals surface area contributed by atoms with Crippen LogP contribution in [0.15, 0.2) is 84.9 Å². The largest absolute Gasteiger partial charge is 0.232 e. The second kappa shape index (κ2) is 6.63. The molecule has 1 heterocycles. The molecular weight excluding hydrogens is 292 g/mol. The van der Waals surface area contributed by atoms with Crippen LogP contribution >= 0.6 is 0 Å². The summed E-state index contributed by atoms with van der Waals surface area (Å²) >= 11 is 0. The van der Waals surface area contributed by atoms with E-state index in [0.717, 1.165) is 40.8 Å². The van der Waals surface area contributed by atoms with Crippen molar-refractivity contribution in [1.82, 2.24) is 9.97 Å². The lowest BCUT2D eigenvalue weighted by atomic mass is 10.0. The van der Waals surface area contributed by atoms with E-state index in [9.17, 15) is 0 Å². The average molecular weight is 310 g/mol. The van der Waals surface area contributed by atoms with Gasteiger partial charge in [-0.15, -0.1) is 0 Å². The first kappa shape index (κ1) is 14.6. The van der Waals surface area contributed by atoms with Gasteiger partial charge in [0.15, 0.2) is 5.82 Å². The highest BCUT2D eigenvalue weighted by Gasteiger charge is 2.09. The van der Waals surface area contributed by atoms with Crippen LogP contribution in [-0.2, 0) is 12.8 Å². The number of hydrogen-bond donors (Lipinski definition) is 0. The van der Waals surface area contributed by atoms with E-state index in [0.29, 0.717) is 0 Å². The molecule has 0 aliphatic heterocycles. The van der Waals surface area contributed by atoms with Gasteiger partial charge in [-0.25, -0.2) is 9.97 Å². The molecule has 0 atom stereocenters. The number of fused-ring (bicyclic) bond motifs is 1. The van der Waals surface area contributed by atoms with Gasteiger partial charge < -0.3 is 0 Å². The number of nitrogens with zero attached hydrogens (tertiary/aromatic N) is 2. The molecule has 0 unspecified atom stereocenters. The van der Waals surface area contributed by atoms with E-state index in [2.05, 4.69) is 60.7 Å². The molecule has 0 amide bonds. The van der Waals surface area contributed by atoms with Crippen LogP contribution in [0.25, 0.3) is 22.3 Å². The summed E-state index contributed by atoms with van der Waals surface area (Å²) in [5.41, 5.74) is 4.52. The van der Waals surface area contributed by atoms with Gasteiger partial charge in [-0.2, -0.15) is 0 Å². The molecule has 0 bridgehead atoms. The molecule has 0 saturated heterocycles. The van der Waals surface area contributed by atoms with Gasteiger partial charge in [-0.05, 0) is 24.5 Å². The van der Waals surface area contributed by atoms with E-state index in [1.807, 2.05) is 24.3 Å². The van der Waals surface area contributed by atoms with Crippen molar-refractivity contribution in [3.8, 4) is 11.4 Å². The molecule has 1 aromatic heterocycles. The van der Waals surface area contributed by atoms with Gasteiger partial charge in [0.1, 0.15) is 0 Å². The average Bonchev–Trinajstić information content (AvgIpc) is 2.67. The van der Waals surface area contributed by atoms with Gasteiger partial charge in [0.25, 0.3) is 0 Å². The predicted molar refractivity (Wildman–Crippen MR) is 98.8 cm³/mol. The van der Waals surface area contributed by atoms with Crippen LogP contribution < -0.4 is 0 Å². The maximum atomic E-state index is 4.88. The lowest BCUT2D eigenvalue weighted by molar-refractivity contribution is 0.920. The molecule has 116 valence electrons. The van der Waals surface area contributed by atoms with Crippen LogP contribution in [0.3, 0.4) is 0 Å². The maximum absolute atomic E-state index is 4.88. The van der Waals surface area contributed by atoms with Crippen LogP contribution in [0.2, 0.25) is 0 Å². The topological polar surface area (TPSA) is 25.8 Å². The number of aromatic nitrogens is 2. The van der Waals surface area contributed by atoms with Crippen molar-refractivity contribution in [3.63, 3.8) is 0 Å². The Labute approximate surface area is 141 Å². The Morgan fingerprint density at radius 1 is 0.583 bits per heavy atom. The summed E-state index contributed by atoms with van der Waals surface area (Å²) in [6.45, 7) is 0. The van der Waals surface area contributed by atoms with Gasteiger partial charge >= 0.3 is 0 Å². The Kier molecular flexibility index (Phi) is 4.03. The molecule has 0 fully saturated rings. The van der Waals surface area contributed by atoms with E-state index in [-0.39, 0.29) is 0 Å². The normalized spacial score (nSPS) is 10.8. The minimum absolute atomic E-state index is 0.803. The van der Waals surface area contributed by atoms with Crippen molar-refractivity contribution in [2.24, 2.45) is 0 Å². The Hall–Kier alpha value is -3.00. The van der Waals surface area contributed by atoms with E-state index < -0.39 is 0 Å². The second-order valence-electron chi connectivity index (χ2n) is 5.86. The number of para-hydroxylation sites is 1. The maximum Gasteiger partial charge on any atom is 0.160 e. The van der Waals surface area contributed by atoms with Crippen molar-refractivity contribution in [2.75, 3.05) is 0 Å². The molecule has 0 N–H and O–H groups in total. The number of aryl methyl sites for hydroxylation is 2. The number of hydrogen-bond acceptors (Lipinski definition) is 2. The smallest absolute Gasteiger partial charge is 0.160 e. The molecule has 0 saturated carbocycles. The monoisotopic (exact) mass is 310 g/mol. The van der Waals surface area contributed by atoms with Crippen molar-refractivity contribution >= 4 is 10.9 Å². The molecule has 4 aromatic rings. The standard InChI is InChI=1S/C22H18N2/c1-3-9-17(10-4-1)15-16-21-19-13-7-8-14-20(19)23-22(24-21)18-11-5-2-6-12-18/h1-14H,15-16H2. The number of benzene rings is 3. The molecule has 2 heteroatoms. The third kappa shape index (κ3) is 3.04. The lowest BCUT2D eigenvalue weighted by Crippen LogP contribution is -2.00. The summed E-state index contributed by atoms with van der Waals surface area (Å²) in [4.78, 5) is 9.63. The fourth-order valence-electron chi connectivity index (χ4n) is 2.96. The van der Waals surface area contributed by atoms with Crippen molar-refractivity contribution in [1.29, 1.82) is 0 Å². The van der Waals surface area contributed by atoms with E-state index in [1.54, 1.807) is 0 Å². The summed E-state index contributed by atoms with van der Waals surface area (Å²) in [6.07, 6.45) is 1.89. The minimum atomic E-state index is 0.803. The van der Waals surface area contributed by atoms with Gasteiger partial charge in [0.2, 0.25) is 0 Å². The Morgan fingerprint density at radius 2 is 1.25 bits per heavy atom. The summed E-state index contributed by atoms with van der Waals surface area (Å²) in [7, 11) is 0. The molecule has 0 aliphatic carbocycles. The van der Waals surface area contributed by atoms with Crippen LogP contribution in [0.5, 0.6) is 0 Å². The molecule has 24 heavy (non-hydrogen) atoms. The van der Waals surface area contributed by atoms with Crippen LogP contribution in [0.1, 0.15) is 11.3 Å². The highest BCUT2D eigenvalue weighted by molar-refractivity contribution is 5.82. The fourth-order valence-corrected chi connectivity index (χ4v) is 2.96. The van der Waals surface area contributed by atoms with Gasteiger partial charge in [-0.1, -0.05) is 78.9 Å². The first-order chi connectivity index (χ1) is 11.9. The highest BCUT2D eigenvalue weighted by atomic mass is 14.9. The summed E-state index contributed by atoms with van der Waals surface area (Å²) in [5, 5.41) is 1.15. The van der Waals surface area contributed by atoms with Crippen LogP contribution in [0.4, 0.5) is 0 Å². The summed E-state index contributed by atoms with van der Waals surface area (Å²) in [6, 6.07) is 29.0. The summed E-state index contributed by atoms with van der Waals surface area (Å²) in [5.74, 6) is 0.803. The zero-order valence-corrected chi connectivity index (χ0v) is 13.4. The quantitative estimate of drug-likeness (QED) is 0.525. The molecule has 2 nitrogen and oxygen atoms in total. The lowest BCUT2D eigenvalue weighted by Gasteiger charge is -2.09. The molecule has 0 spiro atoms.